The maximum absolute atomic E-state index is 2.41. The second kappa shape index (κ2) is 11.1. The number of rotatable bonds is 3. The molecule has 1 heterocycles. The Labute approximate surface area is 299 Å². The summed E-state index contributed by atoms with van der Waals surface area (Å²) in [5.74, 6) is 0. The van der Waals surface area contributed by atoms with Crippen LogP contribution in [0.1, 0.15) is 0 Å². The van der Waals surface area contributed by atoms with Crippen molar-refractivity contribution in [3.8, 4) is 33.4 Å². The van der Waals surface area contributed by atoms with Crippen LogP contribution in [0.4, 0.5) is 0 Å². The lowest BCUT2D eigenvalue weighted by molar-refractivity contribution is 1.63. The van der Waals surface area contributed by atoms with E-state index in [2.05, 4.69) is 182 Å². The van der Waals surface area contributed by atoms with Crippen molar-refractivity contribution in [1.82, 2.24) is 0 Å². The van der Waals surface area contributed by atoms with Gasteiger partial charge < -0.3 is 0 Å². The van der Waals surface area contributed by atoms with Gasteiger partial charge in [0.2, 0.25) is 0 Å². The number of hydrogen-bond donors (Lipinski definition) is 0. The van der Waals surface area contributed by atoms with Crippen LogP contribution >= 0.6 is 11.3 Å². The molecule has 11 aromatic rings. The molecule has 236 valence electrons. The summed E-state index contributed by atoms with van der Waals surface area (Å²) in [7, 11) is 0. The largest absolute Gasteiger partial charge is 0.134 e. The van der Waals surface area contributed by atoms with Gasteiger partial charge in [0.05, 0.1) is 0 Å². The van der Waals surface area contributed by atoms with Crippen molar-refractivity contribution in [1.29, 1.82) is 0 Å². The Hall–Kier alpha value is -6.28. The van der Waals surface area contributed by atoms with Gasteiger partial charge in [-0.2, -0.15) is 0 Å². The predicted molar refractivity (Wildman–Crippen MR) is 223 cm³/mol. The second-order valence-electron chi connectivity index (χ2n) is 13.6. The first-order chi connectivity index (χ1) is 25.3. The zero-order chi connectivity index (χ0) is 33.5. The van der Waals surface area contributed by atoms with E-state index in [1.165, 1.54) is 107 Å². The van der Waals surface area contributed by atoms with Gasteiger partial charge in [-0.25, -0.2) is 0 Å². The molecule has 51 heavy (non-hydrogen) atoms. The second-order valence-corrected chi connectivity index (χ2v) is 14.6. The maximum atomic E-state index is 2.41. The molecule has 0 nitrogen and oxygen atoms in total. The molecule has 11 rings (SSSR count). The van der Waals surface area contributed by atoms with Crippen LogP contribution in [-0.2, 0) is 0 Å². The summed E-state index contributed by atoms with van der Waals surface area (Å²) >= 11 is 1.92. The normalized spacial score (nSPS) is 11.9. The molecule has 0 radical (unpaired) electrons. The Morgan fingerprint density at radius 1 is 0.275 bits per heavy atom. The molecule has 0 unspecified atom stereocenters. The average Bonchev–Trinajstić information content (AvgIpc) is 3.58. The molecular weight excluding hydrogens is 633 g/mol. The third-order valence-electron chi connectivity index (χ3n) is 10.8. The lowest BCUT2D eigenvalue weighted by Crippen LogP contribution is -1.90. The van der Waals surface area contributed by atoms with Gasteiger partial charge in [0.15, 0.2) is 0 Å². The van der Waals surface area contributed by atoms with E-state index in [0.717, 1.165) is 0 Å². The molecule has 0 fully saturated rings. The fourth-order valence-corrected chi connectivity index (χ4v) is 9.80. The van der Waals surface area contributed by atoms with Gasteiger partial charge in [0.1, 0.15) is 0 Å². The highest BCUT2D eigenvalue weighted by atomic mass is 32.1. The zero-order valence-electron chi connectivity index (χ0n) is 27.7. The van der Waals surface area contributed by atoms with Crippen molar-refractivity contribution < 1.29 is 0 Å². The molecule has 0 aliphatic rings. The standard InChI is InChI=1S/C50H30S/c1-2-12-32(13-3-1)47-40-17-7-9-19-42(40)48(43-20-10-8-18-41(43)47)33-24-22-31(23-25-33)34-26-27-35-29-45-46(30-36(35)28-34)51-50-44-21-11-5-15-38(44)37-14-4-6-16-39(37)49(45)50/h1-30H. The molecule has 0 spiro atoms. The SMILES string of the molecule is c1ccc(-c2c3ccccc3c(-c3ccc(-c4ccc5cc6c(cc5c4)sc4c5ccccc5c5ccccc5c64)cc3)c3ccccc23)cc1. The number of hydrogen-bond acceptors (Lipinski definition) is 1. The van der Waals surface area contributed by atoms with Gasteiger partial charge >= 0.3 is 0 Å². The summed E-state index contributed by atoms with van der Waals surface area (Å²) in [6, 6.07) is 67.3. The average molecular weight is 663 g/mol. The van der Waals surface area contributed by atoms with Crippen molar-refractivity contribution in [2.75, 3.05) is 0 Å². The van der Waals surface area contributed by atoms with Crippen molar-refractivity contribution in [2.24, 2.45) is 0 Å². The fourth-order valence-electron chi connectivity index (χ4n) is 8.51. The van der Waals surface area contributed by atoms with E-state index in [-0.39, 0.29) is 0 Å². The van der Waals surface area contributed by atoms with E-state index in [0.29, 0.717) is 0 Å². The molecule has 10 aromatic carbocycles. The minimum absolute atomic E-state index is 1.23. The molecule has 0 N–H and O–H groups in total. The number of thiophene rings is 1. The Morgan fingerprint density at radius 2 is 0.745 bits per heavy atom. The fraction of sp³-hybridized carbons (Fsp3) is 0. The molecule has 1 heteroatoms. The van der Waals surface area contributed by atoms with Gasteiger partial charge in [0, 0.05) is 25.6 Å². The van der Waals surface area contributed by atoms with Crippen LogP contribution in [0.15, 0.2) is 182 Å². The summed E-state index contributed by atoms with van der Waals surface area (Å²) in [4.78, 5) is 0. The van der Waals surface area contributed by atoms with E-state index >= 15 is 0 Å². The third kappa shape index (κ3) is 4.32. The summed E-state index contributed by atoms with van der Waals surface area (Å²) in [6.45, 7) is 0. The minimum atomic E-state index is 1.23. The highest BCUT2D eigenvalue weighted by Crippen LogP contribution is 2.46. The molecule has 0 saturated heterocycles. The highest BCUT2D eigenvalue weighted by molar-refractivity contribution is 7.27. The minimum Gasteiger partial charge on any atom is -0.134 e. The topological polar surface area (TPSA) is 0 Å². The van der Waals surface area contributed by atoms with Gasteiger partial charge in [-0.15, -0.1) is 11.3 Å². The van der Waals surface area contributed by atoms with Crippen LogP contribution in [0, 0.1) is 0 Å². The smallest absolute Gasteiger partial charge is 0.0440 e. The quantitative estimate of drug-likeness (QED) is 0.130. The molecule has 0 aliphatic heterocycles. The molecular formula is C50H30S. The number of fused-ring (bicyclic) bond motifs is 11. The van der Waals surface area contributed by atoms with Crippen molar-refractivity contribution >= 4 is 85.4 Å². The molecule has 0 amide bonds. The first kappa shape index (κ1) is 28.5. The maximum Gasteiger partial charge on any atom is 0.0440 e. The molecule has 0 bridgehead atoms. The lowest BCUT2D eigenvalue weighted by Gasteiger charge is -2.18. The van der Waals surface area contributed by atoms with E-state index in [9.17, 15) is 0 Å². The molecule has 0 aliphatic carbocycles. The Morgan fingerprint density at radius 3 is 1.37 bits per heavy atom. The summed E-state index contributed by atoms with van der Waals surface area (Å²) < 4.78 is 2.71. The number of benzene rings is 10. The van der Waals surface area contributed by atoms with E-state index < -0.39 is 0 Å². The van der Waals surface area contributed by atoms with Crippen LogP contribution in [-0.4, -0.2) is 0 Å². The first-order valence-electron chi connectivity index (χ1n) is 17.6. The molecule has 0 saturated carbocycles. The summed E-state index contributed by atoms with van der Waals surface area (Å²) in [5, 5.41) is 15.7. The predicted octanol–water partition coefficient (Wildman–Crippen LogP) is 14.8. The molecule has 1 aromatic heterocycles. The highest BCUT2D eigenvalue weighted by Gasteiger charge is 2.17. The summed E-state index contributed by atoms with van der Waals surface area (Å²) in [5.41, 5.74) is 7.53. The Bertz CT molecular complexity index is 3110. The van der Waals surface area contributed by atoms with Crippen LogP contribution in [0.5, 0.6) is 0 Å². The van der Waals surface area contributed by atoms with E-state index in [4.69, 9.17) is 0 Å². The Kier molecular flexibility index (Phi) is 6.22. The Balaban J connectivity index is 1.05. The first-order valence-corrected chi connectivity index (χ1v) is 18.4. The zero-order valence-corrected chi connectivity index (χ0v) is 28.5. The van der Waals surface area contributed by atoms with E-state index in [1.807, 2.05) is 11.3 Å². The van der Waals surface area contributed by atoms with Gasteiger partial charge in [-0.05, 0) is 100 Å². The van der Waals surface area contributed by atoms with Gasteiger partial charge in [0.25, 0.3) is 0 Å². The molecule has 0 atom stereocenters. The van der Waals surface area contributed by atoms with Crippen LogP contribution in [0.3, 0.4) is 0 Å². The monoisotopic (exact) mass is 662 g/mol. The van der Waals surface area contributed by atoms with E-state index in [1.54, 1.807) is 0 Å². The van der Waals surface area contributed by atoms with Gasteiger partial charge in [-0.3, -0.25) is 0 Å². The third-order valence-corrected chi connectivity index (χ3v) is 12.0. The van der Waals surface area contributed by atoms with Crippen molar-refractivity contribution in [3.05, 3.63) is 182 Å². The van der Waals surface area contributed by atoms with Crippen LogP contribution < -0.4 is 0 Å². The van der Waals surface area contributed by atoms with Crippen LogP contribution in [0.25, 0.3) is 107 Å². The van der Waals surface area contributed by atoms with Crippen LogP contribution in [0.2, 0.25) is 0 Å². The van der Waals surface area contributed by atoms with Crippen molar-refractivity contribution in [2.45, 2.75) is 0 Å². The van der Waals surface area contributed by atoms with Gasteiger partial charge in [-0.1, -0.05) is 164 Å². The van der Waals surface area contributed by atoms with Crippen molar-refractivity contribution in [3.63, 3.8) is 0 Å². The lowest BCUT2D eigenvalue weighted by atomic mass is 9.85. The summed E-state index contributed by atoms with van der Waals surface area (Å²) in [6.07, 6.45) is 0.